The molecular formula is C21H20N2O6. The van der Waals surface area contributed by atoms with Crippen LogP contribution in [0.4, 0.5) is 0 Å². The summed E-state index contributed by atoms with van der Waals surface area (Å²) in [5.41, 5.74) is 0.889. The van der Waals surface area contributed by atoms with Crippen molar-refractivity contribution in [3.8, 4) is 17.6 Å². The molecule has 0 amide bonds. The van der Waals surface area contributed by atoms with Gasteiger partial charge in [0.2, 0.25) is 0 Å². The Morgan fingerprint density at radius 1 is 1.38 bits per heavy atom. The number of hydrogen-bond donors (Lipinski definition) is 1. The average Bonchev–Trinajstić information content (AvgIpc) is 3.10. The molecule has 1 aromatic carbocycles. The summed E-state index contributed by atoms with van der Waals surface area (Å²) in [4.78, 5) is 37.9. The Balaban J connectivity index is 1.61. The Morgan fingerprint density at radius 3 is 2.86 bits per heavy atom. The molecule has 0 radical (unpaired) electrons. The number of rotatable bonds is 7. The van der Waals surface area contributed by atoms with Crippen LogP contribution in [0.25, 0.3) is 0 Å². The second-order valence-corrected chi connectivity index (χ2v) is 6.68. The molecule has 1 aliphatic heterocycles. The molecule has 0 saturated carbocycles. The van der Waals surface area contributed by atoms with E-state index in [1.165, 1.54) is 18.2 Å². The number of phenolic OH excluding ortho intramolecular Hbond substituents is 1. The van der Waals surface area contributed by atoms with Gasteiger partial charge in [0.1, 0.15) is 17.4 Å². The molecule has 29 heavy (non-hydrogen) atoms. The van der Waals surface area contributed by atoms with Crippen molar-refractivity contribution >= 4 is 17.5 Å². The van der Waals surface area contributed by atoms with E-state index in [1.54, 1.807) is 30.2 Å². The van der Waals surface area contributed by atoms with Gasteiger partial charge in [0.05, 0.1) is 30.7 Å². The molecule has 150 valence electrons. The number of nitrogens with zero attached hydrogens (tertiary/aromatic N) is 2. The lowest BCUT2D eigenvalue weighted by Gasteiger charge is -2.19. The van der Waals surface area contributed by atoms with Crippen LogP contribution in [0.5, 0.6) is 11.5 Å². The van der Waals surface area contributed by atoms with Crippen LogP contribution in [-0.2, 0) is 14.3 Å². The lowest BCUT2D eigenvalue weighted by molar-refractivity contribution is -0.145. The number of Topliss-reactive ketones (excluding diaryl/α,β-unsaturated/α-hetero) is 2. The zero-order valence-electron chi connectivity index (χ0n) is 15.8. The number of ether oxygens (including phenoxy) is 2. The van der Waals surface area contributed by atoms with E-state index in [9.17, 15) is 19.5 Å². The number of phenols is 1. The second-order valence-electron chi connectivity index (χ2n) is 6.68. The van der Waals surface area contributed by atoms with E-state index in [0.29, 0.717) is 6.54 Å². The molecule has 1 heterocycles. The third-order valence-corrected chi connectivity index (χ3v) is 4.70. The number of ketones is 2. The van der Waals surface area contributed by atoms with Gasteiger partial charge in [-0.1, -0.05) is 12.2 Å². The highest BCUT2D eigenvalue weighted by Gasteiger charge is 2.36. The molecule has 0 aromatic heterocycles. The summed E-state index contributed by atoms with van der Waals surface area (Å²) < 4.78 is 9.98. The number of benzene rings is 1. The highest BCUT2D eigenvalue weighted by atomic mass is 16.6. The first-order valence-corrected chi connectivity index (χ1v) is 9.15. The number of hydrogen-bond acceptors (Lipinski definition) is 8. The molecular weight excluding hydrogens is 376 g/mol. The molecule has 1 N–H and O–H groups in total. The van der Waals surface area contributed by atoms with Gasteiger partial charge < -0.3 is 19.5 Å². The van der Waals surface area contributed by atoms with Crippen molar-refractivity contribution in [3.63, 3.8) is 0 Å². The van der Waals surface area contributed by atoms with E-state index >= 15 is 0 Å². The SMILES string of the molecule is CCOC(=O)COc1ccc(C(=O)CN2C=C3C=CC(C#N)C(=O)C3C2)c(O)c1. The van der Waals surface area contributed by atoms with Crippen molar-refractivity contribution < 1.29 is 29.0 Å². The largest absolute Gasteiger partial charge is 0.507 e. The number of carbonyl (C=O) groups excluding carboxylic acids is 3. The summed E-state index contributed by atoms with van der Waals surface area (Å²) in [6.45, 7) is 1.93. The minimum Gasteiger partial charge on any atom is -0.507 e. The third-order valence-electron chi connectivity index (χ3n) is 4.70. The van der Waals surface area contributed by atoms with Crippen molar-refractivity contribution in [1.29, 1.82) is 5.26 Å². The lowest BCUT2D eigenvalue weighted by Crippen LogP contribution is -2.31. The van der Waals surface area contributed by atoms with Gasteiger partial charge in [-0.25, -0.2) is 4.79 Å². The highest BCUT2D eigenvalue weighted by Crippen LogP contribution is 2.31. The van der Waals surface area contributed by atoms with E-state index in [-0.39, 0.29) is 48.4 Å². The third kappa shape index (κ3) is 4.46. The smallest absolute Gasteiger partial charge is 0.344 e. The minimum atomic E-state index is -0.751. The lowest BCUT2D eigenvalue weighted by atomic mass is 9.84. The molecule has 0 spiro atoms. The van der Waals surface area contributed by atoms with Crippen molar-refractivity contribution in [2.45, 2.75) is 6.92 Å². The van der Waals surface area contributed by atoms with E-state index in [4.69, 9.17) is 14.7 Å². The molecule has 2 aliphatic rings. The predicted octanol–water partition coefficient (Wildman–Crippen LogP) is 1.61. The van der Waals surface area contributed by atoms with Crippen molar-refractivity contribution in [2.24, 2.45) is 11.8 Å². The fraction of sp³-hybridized carbons (Fsp3) is 0.333. The highest BCUT2D eigenvalue weighted by molar-refractivity contribution is 6.00. The van der Waals surface area contributed by atoms with Crippen LogP contribution < -0.4 is 4.74 Å². The Labute approximate surface area is 167 Å². The molecule has 2 atom stereocenters. The first kappa shape index (κ1) is 20.1. The average molecular weight is 396 g/mol. The normalized spacial score (nSPS) is 19.9. The zero-order valence-corrected chi connectivity index (χ0v) is 15.8. The topological polar surface area (TPSA) is 117 Å². The summed E-state index contributed by atoms with van der Waals surface area (Å²) in [6.07, 6.45) is 5.05. The summed E-state index contributed by atoms with van der Waals surface area (Å²) in [5.74, 6) is -2.22. The van der Waals surface area contributed by atoms with Gasteiger partial charge in [0.25, 0.3) is 0 Å². The van der Waals surface area contributed by atoms with Gasteiger partial charge in [-0.05, 0) is 24.6 Å². The number of fused-ring (bicyclic) bond motifs is 1. The summed E-state index contributed by atoms with van der Waals surface area (Å²) in [7, 11) is 0. The van der Waals surface area contributed by atoms with Crippen molar-refractivity contribution in [2.75, 3.05) is 26.3 Å². The van der Waals surface area contributed by atoms with Gasteiger partial charge >= 0.3 is 5.97 Å². The Hall–Kier alpha value is -3.60. The Bertz CT molecular complexity index is 943. The van der Waals surface area contributed by atoms with Crippen LogP contribution in [0.2, 0.25) is 0 Å². The molecule has 3 rings (SSSR count). The van der Waals surface area contributed by atoms with Gasteiger partial charge in [0, 0.05) is 18.8 Å². The summed E-state index contributed by atoms with van der Waals surface area (Å²) >= 11 is 0. The van der Waals surface area contributed by atoms with Gasteiger partial charge in [-0.3, -0.25) is 9.59 Å². The van der Waals surface area contributed by atoms with Crippen LogP contribution >= 0.6 is 0 Å². The van der Waals surface area contributed by atoms with Gasteiger partial charge in [-0.15, -0.1) is 0 Å². The van der Waals surface area contributed by atoms with Crippen molar-refractivity contribution in [3.05, 3.63) is 47.7 Å². The first-order valence-electron chi connectivity index (χ1n) is 9.15. The molecule has 1 aliphatic carbocycles. The molecule has 8 nitrogen and oxygen atoms in total. The van der Waals surface area contributed by atoms with Crippen LogP contribution in [0.1, 0.15) is 17.3 Å². The fourth-order valence-corrected chi connectivity index (χ4v) is 3.29. The standard InChI is InChI=1S/C21H20N2O6/c1-2-28-20(26)12-29-15-5-6-16(18(24)7-15)19(25)11-23-9-14-4-3-13(8-22)21(27)17(14)10-23/h3-7,9,13,17,24H,2,10-12H2,1H3. The predicted molar refractivity (Wildman–Crippen MR) is 101 cm³/mol. The van der Waals surface area contributed by atoms with Crippen LogP contribution in [0, 0.1) is 23.2 Å². The number of nitriles is 1. The van der Waals surface area contributed by atoms with Crippen LogP contribution in [0.15, 0.2) is 42.1 Å². The number of allylic oxidation sites excluding steroid dienone is 2. The maximum Gasteiger partial charge on any atom is 0.344 e. The van der Waals surface area contributed by atoms with Crippen LogP contribution in [0.3, 0.4) is 0 Å². The first-order chi connectivity index (χ1) is 13.9. The van der Waals surface area contributed by atoms with Crippen LogP contribution in [-0.4, -0.2) is 53.8 Å². The zero-order chi connectivity index (χ0) is 21.0. The summed E-state index contributed by atoms with van der Waals surface area (Å²) in [6, 6.07) is 6.13. The van der Waals surface area contributed by atoms with E-state index < -0.39 is 17.8 Å². The van der Waals surface area contributed by atoms with Gasteiger partial charge in [0.15, 0.2) is 18.2 Å². The number of aromatic hydroxyl groups is 1. The molecule has 2 unspecified atom stereocenters. The number of carbonyl (C=O) groups is 3. The summed E-state index contributed by atoms with van der Waals surface area (Å²) in [5, 5.41) is 19.2. The maximum atomic E-state index is 12.6. The monoisotopic (exact) mass is 396 g/mol. The molecule has 0 saturated heterocycles. The minimum absolute atomic E-state index is 0.0189. The fourth-order valence-electron chi connectivity index (χ4n) is 3.29. The quantitative estimate of drug-likeness (QED) is 0.546. The molecule has 0 bridgehead atoms. The van der Waals surface area contributed by atoms with Gasteiger partial charge in [-0.2, -0.15) is 5.26 Å². The maximum absolute atomic E-state index is 12.6. The second kappa shape index (κ2) is 8.61. The van der Waals surface area contributed by atoms with E-state index in [1.807, 2.05) is 6.07 Å². The molecule has 1 aromatic rings. The molecule has 8 heteroatoms. The van der Waals surface area contributed by atoms with Crippen molar-refractivity contribution in [1.82, 2.24) is 4.90 Å². The Kier molecular flexibility index (Phi) is 5.98. The molecule has 0 fully saturated rings. The number of esters is 1. The Morgan fingerprint density at radius 2 is 2.17 bits per heavy atom. The van der Waals surface area contributed by atoms with E-state index in [2.05, 4.69) is 0 Å². The van der Waals surface area contributed by atoms with E-state index in [0.717, 1.165) is 5.57 Å².